The molecule has 1 aromatic carbocycles. The molecule has 1 N–H and O–H groups in total. The summed E-state index contributed by atoms with van der Waals surface area (Å²) in [6.45, 7) is 4.37. The second-order valence-corrected chi connectivity index (χ2v) is 4.83. The third-order valence-corrected chi connectivity index (χ3v) is 3.21. The molecule has 0 saturated heterocycles. The third kappa shape index (κ3) is 3.76. The van der Waals surface area contributed by atoms with Gasteiger partial charge in [0, 0.05) is 6.04 Å². The Balaban J connectivity index is 2.57. The Labute approximate surface area is 102 Å². The van der Waals surface area contributed by atoms with Crippen molar-refractivity contribution in [3.8, 4) is 0 Å². The first-order valence-corrected chi connectivity index (χ1v) is 6.03. The molecule has 90 valence electrons. The number of hydrogen-bond donors (Lipinski definition) is 1. The molecule has 16 heavy (non-hydrogen) atoms. The van der Waals surface area contributed by atoms with Crippen LogP contribution in [-0.4, -0.2) is 13.1 Å². The van der Waals surface area contributed by atoms with Gasteiger partial charge in [-0.1, -0.05) is 31.5 Å². The van der Waals surface area contributed by atoms with Crippen molar-refractivity contribution < 1.29 is 4.39 Å². The fraction of sp³-hybridized carbons (Fsp3) is 0.538. The van der Waals surface area contributed by atoms with E-state index in [1.54, 1.807) is 6.07 Å². The minimum absolute atomic E-state index is 0.192. The second kappa shape index (κ2) is 6.21. The Kier molecular flexibility index (Phi) is 5.23. The molecule has 0 aliphatic carbocycles. The van der Waals surface area contributed by atoms with Crippen molar-refractivity contribution >= 4 is 11.6 Å². The summed E-state index contributed by atoms with van der Waals surface area (Å²) in [7, 11) is 1.97. The maximum absolute atomic E-state index is 13.2. The Bertz CT molecular complexity index is 339. The van der Waals surface area contributed by atoms with Gasteiger partial charge >= 0.3 is 0 Å². The first-order valence-electron chi connectivity index (χ1n) is 5.65. The fourth-order valence-electron chi connectivity index (χ4n) is 1.83. The zero-order valence-corrected chi connectivity index (χ0v) is 10.8. The molecule has 1 unspecified atom stereocenters. The summed E-state index contributed by atoms with van der Waals surface area (Å²) in [6, 6.07) is 5.50. The summed E-state index contributed by atoms with van der Waals surface area (Å²) in [5.41, 5.74) is 1.00. The fourth-order valence-corrected chi connectivity index (χ4v) is 1.95. The van der Waals surface area contributed by atoms with Gasteiger partial charge in [-0.05, 0) is 43.5 Å². The van der Waals surface area contributed by atoms with Gasteiger partial charge in [-0.15, -0.1) is 0 Å². The van der Waals surface area contributed by atoms with E-state index in [0.717, 1.165) is 18.4 Å². The van der Waals surface area contributed by atoms with Crippen molar-refractivity contribution in [1.29, 1.82) is 0 Å². The van der Waals surface area contributed by atoms with Gasteiger partial charge in [-0.2, -0.15) is 0 Å². The molecule has 0 aromatic heterocycles. The van der Waals surface area contributed by atoms with E-state index < -0.39 is 0 Å². The zero-order chi connectivity index (χ0) is 12.1. The number of halogens is 2. The van der Waals surface area contributed by atoms with Gasteiger partial charge < -0.3 is 5.32 Å². The van der Waals surface area contributed by atoms with Crippen LogP contribution in [-0.2, 0) is 6.42 Å². The van der Waals surface area contributed by atoms with E-state index in [2.05, 4.69) is 19.2 Å². The van der Waals surface area contributed by atoms with Crippen LogP contribution in [0, 0.1) is 11.7 Å². The number of rotatable bonds is 5. The van der Waals surface area contributed by atoms with Crippen LogP contribution in [0.5, 0.6) is 0 Å². The van der Waals surface area contributed by atoms with Crippen molar-refractivity contribution in [1.82, 2.24) is 5.32 Å². The molecule has 1 nitrogen and oxygen atoms in total. The van der Waals surface area contributed by atoms with Gasteiger partial charge in [0.05, 0.1) is 5.02 Å². The predicted octanol–water partition coefficient (Wildman–Crippen LogP) is 3.66. The Hall–Kier alpha value is -0.600. The lowest BCUT2D eigenvalue weighted by molar-refractivity contribution is 0.402. The lowest BCUT2D eigenvalue weighted by atomic mass is 9.97. The van der Waals surface area contributed by atoms with Crippen LogP contribution in [0.1, 0.15) is 25.8 Å². The molecule has 0 aliphatic rings. The topological polar surface area (TPSA) is 12.0 Å². The van der Waals surface area contributed by atoms with Crippen molar-refractivity contribution in [2.45, 2.75) is 32.7 Å². The van der Waals surface area contributed by atoms with Crippen LogP contribution in [0.25, 0.3) is 0 Å². The van der Waals surface area contributed by atoms with Gasteiger partial charge in [0.25, 0.3) is 0 Å². The van der Waals surface area contributed by atoms with Crippen LogP contribution >= 0.6 is 11.6 Å². The highest BCUT2D eigenvalue weighted by Crippen LogP contribution is 2.17. The highest BCUT2D eigenvalue weighted by molar-refractivity contribution is 6.30. The van der Waals surface area contributed by atoms with E-state index >= 15 is 0 Å². The molecular weight excluding hydrogens is 225 g/mol. The van der Waals surface area contributed by atoms with Crippen molar-refractivity contribution in [3.63, 3.8) is 0 Å². The maximum Gasteiger partial charge on any atom is 0.142 e. The van der Waals surface area contributed by atoms with Crippen LogP contribution in [0.2, 0.25) is 5.02 Å². The summed E-state index contributed by atoms with van der Waals surface area (Å²) in [5, 5.41) is 3.47. The molecule has 0 spiro atoms. The molecule has 0 amide bonds. The molecule has 0 fully saturated rings. The summed E-state index contributed by atoms with van der Waals surface area (Å²) in [4.78, 5) is 0. The minimum Gasteiger partial charge on any atom is -0.317 e. The first-order chi connectivity index (χ1) is 7.54. The van der Waals surface area contributed by atoms with E-state index in [1.165, 1.54) is 6.07 Å². The molecule has 0 radical (unpaired) electrons. The molecular formula is C13H19ClFN. The van der Waals surface area contributed by atoms with Gasteiger partial charge in [-0.3, -0.25) is 0 Å². The molecule has 1 aromatic rings. The standard InChI is InChI=1S/C13H19ClFN/c1-9(2)13(16-3)7-5-10-4-6-11(14)12(15)8-10/h4,6,8-9,13,16H,5,7H2,1-3H3. The SMILES string of the molecule is CNC(CCc1ccc(Cl)c(F)c1)C(C)C. The van der Waals surface area contributed by atoms with Gasteiger partial charge in [0.1, 0.15) is 5.82 Å². The summed E-state index contributed by atoms with van der Waals surface area (Å²) in [6.07, 6.45) is 1.88. The average Bonchev–Trinajstić information content (AvgIpc) is 2.23. The Morgan fingerprint density at radius 3 is 2.56 bits per heavy atom. The Morgan fingerprint density at radius 1 is 1.38 bits per heavy atom. The van der Waals surface area contributed by atoms with Crippen LogP contribution in [0.15, 0.2) is 18.2 Å². The van der Waals surface area contributed by atoms with Crippen molar-refractivity contribution in [2.24, 2.45) is 5.92 Å². The van der Waals surface area contributed by atoms with Gasteiger partial charge in [0.15, 0.2) is 0 Å². The van der Waals surface area contributed by atoms with E-state index in [1.807, 2.05) is 13.1 Å². The average molecular weight is 244 g/mol. The zero-order valence-electron chi connectivity index (χ0n) is 10.1. The Morgan fingerprint density at radius 2 is 2.06 bits per heavy atom. The smallest absolute Gasteiger partial charge is 0.142 e. The molecule has 3 heteroatoms. The predicted molar refractivity (Wildman–Crippen MR) is 67.4 cm³/mol. The monoisotopic (exact) mass is 243 g/mol. The normalized spacial score (nSPS) is 13.1. The van der Waals surface area contributed by atoms with E-state index in [9.17, 15) is 4.39 Å². The highest BCUT2D eigenvalue weighted by Gasteiger charge is 2.11. The van der Waals surface area contributed by atoms with Crippen LogP contribution < -0.4 is 5.32 Å². The molecule has 1 rings (SSSR count). The highest BCUT2D eigenvalue weighted by atomic mass is 35.5. The molecule has 0 aliphatic heterocycles. The van der Waals surface area contributed by atoms with Crippen LogP contribution in [0.3, 0.4) is 0 Å². The molecule has 0 heterocycles. The largest absolute Gasteiger partial charge is 0.317 e. The maximum atomic E-state index is 13.2. The molecule has 0 bridgehead atoms. The van der Waals surface area contributed by atoms with E-state index in [-0.39, 0.29) is 10.8 Å². The van der Waals surface area contributed by atoms with Gasteiger partial charge in [-0.25, -0.2) is 4.39 Å². The van der Waals surface area contributed by atoms with Crippen molar-refractivity contribution in [3.05, 3.63) is 34.6 Å². The van der Waals surface area contributed by atoms with Gasteiger partial charge in [0.2, 0.25) is 0 Å². The lowest BCUT2D eigenvalue weighted by Crippen LogP contribution is -2.31. The number of hydrogen-bond acceptors (Lipinski definition) is 1. The van der Waals surface area contributed by atoms with Crippen molar-refractivity contribution in [2.75, 3.05) is 7.05 Å². The summed E-state index contributed by atoms with van der Waals surface area (Å²) >= 11 is 5.63. The second-order valence-electron chi connectivity index (χ2n) is 4.43. The summed E-state index contributed by atoms with van der Waals surface area (Å²) in [5.74, 6) is 0.256. The molecule has 0 saturated carbocycles. The molecule has 1 atom stereocenters. The van der Waals surface area contributed by atoms with E-state index in [0.29, 0.717) is 12.0 Å². The minimum atomic E-state index is -0.329. The van der Waals surface area contributed by atoms with Crippen LogP contribution in [0.4, 0.5) is 4.39 Å². The third-order valence-electron chi connectivity index (χ3n) is 2.90. The number of nitrogens with one attached hydrogen (secondary N) is 1. The summed E-state index contributed by atoms with van der Waals surface area (Å²) < 4.78 is 13.2. The number of benzene rings is 1. The number of aryl methyl sites for hydroxylation is 1. The first kappa shape index (κ1) is 13.5. The lowest BCUT2D eigenvalue weighted by Gasteiger charge is -2.19. The quantitative estimate of drug-likeness (QED) is 0.832. The van der Waals surface area contributed by atoms with E-state index in [4.69, 9.17) is 11.6 Å².